The molecule has 0 aliphatic carbocycles. The van der Waals surface area contributed by atoms with Crippen LogP contribution in [0.1, 0.15) is 6.42 Å². The zero-order chi connectivity index (χ0) is 16.4. The number of ether oxygens (including phenoxy) is 1. The highest BCUT2D eigenvalue weighted by molar-refractivity contribution is 6.01. The van der Waals surface area contributed by atoms with Crippen molar-refractivity contribution in [2.24, 2.45) is 0 Å². The predicted molar refractivity (Wildman–Crippen MR) is 79.3 cm³/mol. The molecule has 1 aromatic carbocycles. The lowest BCUT2D eigenvalue weighted by Crippen LogP contribution is -2.34. The van der Waals surface area contributed by atoms with Gasteiger partial charge in [0.25, 0.3) is 0 Å². The monoisotopic (exact) mass is 320 g/mol. The topological polar surface area (TPSA) is 67.3 Å². The lowest BCUT2D eigenvalue weighted by molar-refractivity contribution is -0.117. The SMILES string of the molecule is COc1ccnc(NC2CCN(c3c(F)cccc3F)C2=O)n1. The molecule has 0 radical (unpaired) electrons. The Morgan fingerprint density at radius 2 is 2.04 bits per heavy atom. The molecule has 2 aromatic rings. The minimum Gasteiger partial charge on any atom is -0.481 e. The summed E-state index contributed by atoms with van der Waals surface area (Å²) < 4.78 is 32.6. The van der Waals surface area contributed by atoms with E-state index in [2.05, 4.69) is 15.3 Å². The van der Waals surface area contributed by atoms with E-state index in [0.717, 1.165) is 17.0 Å². The van der Waals surface area contributed by atoms with Gasteiger partial charge in [0.15, 0.2) is 0 Å². The highest BCUT2D eigenvalue weighted by atomic mass is 19.1. The van der Waals surface area contributed by atoms with E-state index in [1.54, 1.807) is 6.07 Å². The Hall–Kier alpha value is -2.77. The normalized spacial score (nSPS) is 17.4. The molecule has 1 aliphatic heterocycles. The van der Waals surface area contributed by atoms with Gasteiger partial charge in [-0.15, -0.1) is 0 Å². The first-order valence-electron chi connectivity index (χ1n) is 6.99. The number of benzene rings is 1. The fraction of sp³-hybridized carbons (Fsp3) is 0.267. The molecule has 1 unspecified atom stereocenters. The van der Waals surface area contributed by atoms with Crippen LogP contribution in [-0.4, -0.2) is 35.6 Å². The molecule has 0 bridgehead atoms. The lowest BCUT2D eigenvalue weighted by atomic mass is 10.2. The molecule has 1 saturated heterocycles. The molecule has 1 aliphatic rings. The number of methoxy groups -OCH3 is 1. The summed E-state index contributed by atoms with van der Waals surface area (Å²) in [6.45, 7) is 0.207. The first-order valence-corrected chi connectivity index (χ1v) is 6.99. The Morgan fingerprint density at radius 1 is 1.30 bits per heavy atom. The quantitative estimate of drug-likeness (QED) is 0.933. The number of para-hydroxylation sites is 1. The molecule has 6 nitrogen and oxygen atoms in total. The zero-order valence-corrected chi connectivity index (χ0v) is 12.3. The van der Waals surface area contributed by atoms with Gasteiger partial charge in [0.05, 0.1) is 7.11 Å². The van der Waals surface area contributed by atoms with E-state index in [4.69, 9.17) is 4.74 Å². The molecule has 1 amide bonds. The fourth-order valence-corrected chi connectivity index (χ4v) is 2.46. The van der Waals surface area contributed by atoms with E-state index in [0.29, 0.717) is 12.3 Å². The largest absolute Gasteiger partial charge is 0.481 e. The second-order valence-corrected chi connectivity index (χ2v) is 4.97. The van der Waals surface area contributed by atoms with Gasteiger partial charge in [0.1, 0.15) is 23.4 Å². The molecule has 120 valence electrons. The summed E-state index contributed by atoms with van der Waals surface area (Å²) in [6, 6.07) is 4.42. The molecule has 0 spiro atoms. The van der Waals surface area contributed by atoms with Crippen molar-refractivity contribution in [1.29, 1.82) is 0 Å². The Morgan fingerprint density at radius 3 is 2.74 bits per heavy atom. The van der Waals surface area contributed by atoms with Gasteiger partial charge >= 0.3 is 0 Å². The van der Waals surface area contributed by atoms with Crippen LogP contribution in [-0.2, 0) is 4.79 Å². The van der Waals surface area contributed by atoms with Gasteiger partial charge in [-0.1, -0.05) is 6.07 Å². The molecule has 1 fully saturated rings. The Kier molecular flexibility index (Phi) is 4.05. The Bertz CT molecular complexity index is 721. The minimum atomic E-state index is -0.767. The summed E-state index contributed by atoms with van der Waals surface area (Å²) in [5, 5.41) is 2.87. The zero-order valence-electron chi connectivity index (χ0n) is 12.3. The van der Waals surface area contributed by atoms with Crippen LogP contribution in [0.4, 0.5) is 20.4 Å². The van der Waals surface area contributed by atoms with Gasteiger partial charge in [0, 0.05) is 18.8 Å². The first kappa shape index (κ1) is 15.1. The van der Waals surface area contributed by atoms with Gasteiger partial charge in [-0.25, -0.2) is 13.8 Å². The Balaban J connectivity index is 1.79. The van der Waals surface area contributed by atoms with Crippen molar-refractivity contribution < 1.29 is 18.3 Å². The molecular weight excluding hydrogens is 306 g/mol. The van der Waals surface area contributed by atoms with E-state index in [-0.39, 0.29) is 18.2 Å². The fourth-order valence-electron chi connectivity index (χ4n) is 2.46. The molecular formula is C15H14F2N4O2. The molecule has 23 heavy (non-hydrogen) atoms. The first-order chi connectivity index (χ1) is 11.1. The third-order valence-electron chi connectivity index (χ3n) is 3.56. The van der Waals surface area contributed by atoms with Crippen LogP contribution in [0.25, 0.3) is 0 Å². The summed E-state index contributed by atoms with van der Waals surface area (Å²) in [6.07, 6.45) is 1.87. The number of rotatable bonds is 4. The Labute approximate surface area is 131 Å². The number of nitrogens with one attached hydrogen (secondary N) is 1. The molecule has 1 aromatic heterocycles. The number of hydrogen-bond donors (Lipinski definition) is 1. The van der Waals surface area contributed by atoms with Crippen LogP contribution in [0.3, 0.4) is 0 Å². The highest BCUT2D eigenvalue weighted by Crippen LogP contribution is 2.28. The molecule has 0 saturated carbocycles. The van der Waals surface area contributed by atoms with Crippen molar-refractivity contribution in [3.63, 3.8) is 0 Å². The molecule has 3 rings (SSSR count). The molecule has 8 heteroatoms. The van der Waals surface area contributed by atoms with Crippen LogP contribution in [0, 0.1) is 11.6 Å². The van der Waals surface area contributed by atoms with Gasteiger partial charge in [-0.05, 0) is 18.6 Å². The maximum Gasteiger partial charge on any atom is 0.249 e. The average molecular weight is 320 g/mol. The third kappa shape index (κ3) is 2.92. The van der Waals surface area contributed by atoms with Crippen LogP contribution >= 0.6 is 0 Å². The predicted octanol–water partition coefficient (Wildman–Crippen LogP) is 1.98. The summed E-state index contributed by atoms with van der Waals surface area (Å²) in [5.41, 5.74) is -0.326. The second kappa shape index (κ2) is 6.15. The maximum atomic E-state index is 13.8. The number of nitrogens with zero attached hydrogens (tertiary/aromatic N) is 3. The minimum absolute atomic E-state index is 0.207. The summed E-state index contributed by atoms with van der Waals surface area (Å²) in [7, 11) is 1.47. The summed E-state index contributed by atoms with van der Waals surface area (Å²) >= 11 is 0. The molecule has 1 atom stereocenters. The van der Waals surface area contributed by atoms with Crippen LogP contribution in [0.5, 0.6) is 5.88 Å². The molecule has 1 N–H and O–H groups in total. The van der Waals surface area contributed by atoms with Crippen molar-refractivity contribution in [3.8, 4) is 5.88 Å². The van der Waals surface area contributed by atoms with Crippen LogP contribution < -0.4 is 15.0 Å². The molecule has 2 heterocycles. The van der Waals surface area contributed by atoms with Crippen molar-refractivity contribution >= 4 is 17.5 Å². The van der Waals surface area contributed by atoms with E-state index in [1.807, 2.05) is 0 Å². The van der Waals surface area contributed by atoms with E-state index < -0.39 is 23.6 Å². The van der Waals surface area contributed by atoms with E-state index in [9.17, 15) is 13.6 Å². The van der Waals surface area contributed by atoms with Crippen molar-refractivity contribution in [2.45, 2.75) is 12.5 Å². The van der Waals surface area contributed by atoms with Crippen molar-refractivity contribution in [3.05, 3.63) is 42.1 Å². The maximum absolute atomic E-state index is 13.8. The van der Waals surface area contributed by atoms with Crippen molar-refractivity contribution in [1.82, 2.24) is 9.97 Å². The van der Waals surface area contributed by atoms with Gasteiger partial charge in [-0.2, -0.15) is 4.98 Å². The van der Waals surface area contributed by atoms with Crippen LogP contribution in [0.2, 0.25) is 0 Å². The average Bonchev–Trinajstić information content (AvgIpc) is 2.89. The van der Waals surface area contributed by atoms with Crippen LogP contribution in [0.15, 0.2) is 30.5 Å². The van der Waals surface area contributed by atoms with E-state index in [1.165, 1.54) is 19.4 Å². The number of amides is 1. The van der Waals surface area contributed by atoms with Crippen molar-refractivity contribution in [2.75, 3.05) is 23.9 Å². The van der Waals surface area contributed by atoms with E-state index >= 15 is 0 Å². The number of carbonyl (C=O) groups is 1. The lowest BCUT2D eigenvalue weighted by Gasteiger charge is -2.18. The standard InChI is InChI=1S/C15H14F2N4O2/c1-23-12-5-7-18-15(20-12)19-11-6-8-21(14(11)22)13-9(16)3-2-4-10(13)17/h2-5,7,11H,6,8H2,1H3,(H,18,19,20). The number of aromatic nitrogens is 2. The summed E-state index contributed by atoms with van der Waals surface area (Å²) in [5.74, 6) is -1.39. The number of halogens is 2. The van der Waals surface area contributed by atoms with Gasteiger partial charge < -0.3 is 15.0 Å². The number of anilines is 2. The number of carbonyl (C=O) groups excluding carboxylic acids is 1. The van der Waals surface area contributed by atoms with Gasteiger partial charge in [-0.3, -0.25) is 4.79 Å². The smallest absolute Gasteiger partial charge is 0.249 e. The highest BCUT2D eigenvalue weighted by Gasteiger charge is 2.35. The summed E-state index contributed by atoms with van der Waals surface area (Å²) in [4.78, 5) is 21.6. The number of hydrogen-bond acceptors (Lipinski definition) is 5. The third-order valence-corrected chi connectivity index (χ3v) is 3.56. The van der Waals surface area contributed by atoms with Gasteiger partial charge in [0.2, 0.25) is 17.7 Å². The second-order valence-electron chi connectivity index (χ2n) is 4.97.